The van der Waals surface area contributed by atoms with Crippen molar-refractivity contribution in [2.45, 2.75) is 13.5 Å². The molecule has 1 aromatic carbocycles. The van der Waals surface area contributed by atoms with Gasteiger partial charge in [-0.05, 0) is 24.6 Å². The molecule has 6 nitrogen and oxygen atoms in total. The SMILES string of the molecule is Cc1occc1-c1nc(NCc2ccccc2Cl)ncc1-c1cnccn1. The summed E-state index contributed by atoms with van der Waals surface area (Å²) in [6.07, 6.45) is 8.35. The van der Waals surface area contributed by atoms with Gasteiger partial charge in [0.25, 0.3) is 0 Å². The molecule has 0 aliphatic carbocycles. The lowest BCUT2D eigenvalue weighted by molar-refractivity contribution is 0.535. The van der Waals surface area contributed by atoms with Crippen LogP contribution in [0.25, 0.3) is 22.5 Å². The molecule has 0 radical (unpaired) electrons. The third-order valence-electron chi connectivity index (χ3n) is 4.14. The highest BCUT2D eigenvalue weighted by Crippen LogP contribution is 2.32. The van der Waals surface area contributed by atoms with E-state index < -0.39 is 0 Å². The number of anilines is 1. The van der Waals surface area contributed by atoms with Crippen LogP contribution in [0, 0.1) is 6.92 Å². The molecule has 0 spiro atoms. The highest BCUT2D eigenvalue weighted by molar-refractivity contribution is 6.31. The molecular weight excluding hydrogens is 362 g/mol. The Morgan fingerprint density at radius 2 is 1.93 bits per heavy atom. The zero-order valence-electron chi connectivity index (χ0n) is 14.6. The summed E-state index contributed by atoms with van der Waals surface area (Å²) >= 11 is 6.22. The molecule has 3 heterocycles. The van der Waals surface area contributed by atoms with Crippen molar-refractivity contribution in [2.75, 3.05) is 5.32 Å². The second-order valence-electron chi connectivity index (χ2n) is 5.88. The van der Waals surface area contributed by atoms with Crippen molar-refractivity contribution in [3.8, 4) is 22.5 Å². The minimum absolute atomic E-state index is 0.498. The van der Waals surface area contributed by atoms with Crippen LogP contribution in [-0.2, 0) is 6.54 Å². The van der Waals surface area contributed by atoms with Crippen molar-refractivity contribution in [1.82, 2.24) is 19.9 Å². The standard InChI is InChI=1S/C20H16ClN5O/c1-13-15(6-9-27-13)19-16(18-12-22-7-8-23-18)11-25-20(26-19)24-10-14-4-2-3-5-17(14)21/h2-9,11-12H,10H2,1H3,(H,24,25,26). The number of hydrogen-bond acceptors (Lipinski definition) is 6. The van der Waals surface area contributed by atoms with Gasteiger partial charge in [0.15, 0.2) is 0 Å². The van der Waals surface area contributed by atoms with Gasteiger partial charge >= 0.3 is 0 Å². The molecule has 0 aliphatic heterocycles. The van der Waals surface area contributed by atoms with Crippen LogP contribution in [-0.4, -0.2) is 19.9 Å². The van der Waals surface area contributed by atoms with Crippen LogP contribution in [0.4, 0.5) is 5.95 Å². The average molecular weight is 378 g/mol. The number of rotatable bonds is 5. The number of aryl methyl sites for hydroxylation is 1. The molecule has 0 unspecified atom stereocenters. The fourth-order valence-electron chi connectivity index (χ4n) is 2.74. The van der Waals surface area contributed by atoms with Gasteiger partial charge in [-0.1, -0.05) is 29.8 Å². The Morgan fingerprint density at radius 1 is 1.04 bits per heavy atom. The highest BCUT2D eigenvalue weighted by atomic mass is 35.5. The van der Waals surface area contributed by atoms with E-state index in [1.807, 2.05) is 37.3 Å². The predicted molar refractivity (Wildman–Crippen MR) is 104 cm³/mol. The molecule has 0 amide bonds. The molecule has 0 saturated carbocycles. The van der Waals surface area contributed by atoms with E-state index in [1.165, 1.54) is 0 Å². The Bertz CT molecular complexity index is 1060. The Kier molecular flexibility index (Phi) is 4.80. The van der Waals surface area contributed by atoms with E-state index >= 15 is 0 Å². The maximum atomic E-state index is 6.22. The molecule has 134 valence electrons. The molecule has 0 fully saturated rings. The Labute approximate surface area is 161 Å². The zero-order valence-corrected chi connectivity index (χ0v) is 15.3. The quantitative estimate of drug-likeness (QED) is 0.540. The van der Waals surface area contributed by atoms with Gasteiger partial charge in [-0.15, -0.1) is 0 Å². The summed E-state index contributed by atoms with van der Waals surface area (Å²) in [6, 6.07) is 9.55. The van der Waals surface area contributed by atoms with Gasteiger partial charge in [0.2, 0.25) is 5.95 Å². The molecule has 3 aromatic heterocycles. The molecule has 0 saturated heterocycles. The van der Waals surface area contributed by atoms with E-state index in [-0.39, 0.29) is 0 Å². The predicted octanol–water partition coefficient (Wildman–Crippen LogP) is 4.77. The second-order valence-corrected chi connectivity index (χ2v) is 6.29. The lowest BCUT2D eigenvalue weighted by Crippen LogP contribution is -2.05. The minimum Gasteiger partial charge on any atom is -0.469 e. The third kappa shape index (κ3) is 3.66. The van der Waals surface area contributed by atoms with Crippen LogP contribution in [0.3, 0.4) is 0 Å². The largest absolute Gasteiger partial charge is 0.469 e. The number of hydrogen-bond donors (Lipinski definition) is 1. The van der Waals surface area contributed by atoms with Gasteiger partial charge in [-0.2, -0.15) is 0 Å². The topological polar surface area (TPSA) is 76.7 Å². The average Bonchev–Trinajstić information content (AvgIpc) is 3.14. The normalized spacial score (nSPS) is 10.7. The first kappa shape index (κ1) is 17.2. The lowest BCUT2D eigenvalue weighted by atomic mass is 10.1. The van der Waals surface area contributed by atoms with Crippen molar-refractivity contribution in [3.63, 3.8) is 0 Å². The van der Waals surface area contributed by atoms with Crippen molar-refractivity contribution in [3.05, 3.63) is 77.7 Å². The molecule has 4 rings (SSSR count). The van der Waals surface area contributed by atoms with Crippen LogP contribution in [0.5, 0.6) is 0 Å². The van der Waals surface area contributed by atoms with E-state index in [4.69, 9.17) is 21.0 Å². The maximum Gasteiger partial charge on any atom is 0.223 e. The third-order valence-corrected chi connectivity index (χ3v) is 4.51. The van der Waals surface area contributed by atoms with Crippen LogP contribution >= 0.6 is 11.6 Å². The summed E-state index contributed by atoms with van der Waals surface area (Å²) in [5, 5.41) is 3.93. The molecule has 0 atom stereocenters. The van der Waals surface area contributed by atoms with Crippen LogP contribution < -0.4 is 5.32 Å². The molecule has 27 heavy (non-hydrogen) atoms. The number of furan rings is 1. The number of nitrogens with zero attached hydrogens (tertiary/aromatic N) is 4. The van der Waals surface area contributed by atoms with Gasteiger partial charge in [0, 0.05) is 41.3 Å². The first-order valence-electron chi connectivity index (χ1n) is 8.37. The fourth-order valence-corrected chi connectivity index (χ4v) is 2.95. The Balaban J connectivity index is 1.71. The van der Waals surface area contributed by atoms with E-state index in [2.05, 4.69) is 20.3 Å². The molecule has 1 N–H and O–H groups in total. The summed E-state index contributed by atoms with van der Waals surface area (Å²) in [4.78, 5) is 17.7. The van der Waals surface area contributed by atoms with Crippen LogP contribution in [0.1, 0.15) is 11.3 Å². The Hall–Kier alpha value is -3.25. The van der Waals surface area contributed by atoms with Gasteiger partial charge in [0.1, 0.15) is 5.76 Å². The van der Waals surface area contributed by atoms with Gasteiger partial charge < -0.3 is 9.73 Å². The molecular formula is C20H16ClN5O. The molecule has 4 aromatic rings. The van der Waals surface area contributed by atoms with Crippen LogP contribution in [0.2, 0.25) is 5.02 Å². The summed E-state index contributed by atoms with van der Waals surface area (Å²) in [5.41, 5.74) is 4.08. The number of halogens is 1. The number of benzene rings is 1. The van der Waals surface area contributed by atoms with E-state index in [9.17, 15) is 0 Å². The van der Waals surface area contributed by atoms with Crippen LogP contribution in [0.15, 0.2) is 65.8 Å². The number of nitrogens with one attached hydrogen (secondary N) is 1. The summed E-state index contributed by atoms with van der Waals surface area (Å²) < 4.78 is 5.46. The lowest BCUT2D eigenvalue weighted by Gasteiger charge is -2.11. The monoisotopic (exact) mass is 377 g/mol. The smallest absolute Gasteiger partial charge is 0.223 e. The van der Waals surface area contributed by atoms with Crippen molar-refractivity contribution in [1.29, 1.82) is 0 Å². The van der Waals surface area contributed by atoms with E-state index in [0.29, 0.717) is 23.2 Å². The van der Waals surface area contributed by atoms with E-state index in [1.54, 1.807) is 31.1 Å². The first-order chi connectivity index (χ1) is 13.2. The summed E-state index contributed by atoms with van der Waals surface area (Å²) in [6.45, 7) is 2.42. The first-order valence-corrected chi connectivity index (χ1v) is 8.75. The van der Waals surface area contributed by atoms with Crippen molar-refractivity contribution in [2.24, 2.45) is 0 Å². The summed E-state index contributed by atoms with van der Waals surface area (Å²) in [7, 11) is 0. The van der Waals surface area contributed by atoms with Gasteiger partial charge in [-0.25, -0.2) is 9.97 Å². The van der Waals surface area contributed by atoms with Gasteiger partial charge in [-0.3, -0.25) is 9.97 Å². The Morgan fingerprint density at radius 3 is 2.67 bits per heavy atom. The van der Waals surface area contributed by atoms with Crippen molar-refractivity contribution < 1.29 is 4.42 Å². The van der Waals surface area contributed by atoms with Crippen molar-refractivity contribution >= 4 is 17.5 Å². The molecule has 0 bridgehead atoms. The zero-order chi connectivity index (χ0) is 18.6. The molecule has 0 aliphatic rings. The second kappa shape index (κ2) is 7.55. The fraction of sp³-hybridized carbons (Fsp3) is 0.100. The maximum absolute atomic E-state index is 6.22. The summed E-state index contributed by atoms with van der Waals surface area (Å²) in [5.74, 6) is 1.27. The molecule has 7 heteroatoms. The number of aromatic nitrogens is 4. The van der Waals surface area contributed by atoms with E-state index in [0.717, 1.165) is 28.1 Å². The minimum atomic E-state index is 0.498. The highest BCUT2D eigenvalue weighted by Gasteiger charge is 2.16. The van der Waals surface area contributed by atoms with Gasteiger partial charge in [0.05, 0.1) is 23.8 Å².